The van der Waals surface area contributed by atoms with E-state index < -0.39 is 0 Å². The summed E-state index contributed by atoms with van der Waals surface area (Å²) in [6, 6.07) is 1.93. The van der Waals surface area contributed by atoms with E-state index in [1.165, 1.54) is 5.56 Å². The topological polar surface area (TPSA) is 67.7 Å². The normalized spacial score (nSPS) is 10.6. The second-order valence-electron chi connectivity index (χ2n) is 4.70. The molecule has 6 nitrogen and oxygen atoms in total. The Kier molecular flexibility index (Phi) is 4.92. The Morgan fingerprint density at radius 2 is 1.90 bits per heavy atom. The standard InChI is InChI=1S/C14H22N6/c1-4-6-15-13-7-14(18-10-17-13)16-8-11-9-20(3)19-12(11)5-2/h7,9-10H,4-6,8H2,1-3H3,(H2,15,16,17,18). The average Bonchev–Trinajstić information content (AvgIpc) is 2.83. The predicted molar refractivity (Wildman–Crippen MR) is 80.7 cm³/mol. The third kappa shape index (κ3) is 3.69. The van der Waals surface area contributed by atoms with Gasteiger partial charge in [0.15, 0.2) is 0 Å². The third-order valence-corrected chi connectivity index (χ3v) is 3.01. The van der Waals surface area contributed by atoms with Crippen LogP contribution in [0.5, 0.6) is 0 Å². The Morgan fingerprint density at radius 3 is 2.60 bits per heavy atom. The molecule has 0 spiro atoms. The first-order chi connectivity index (χ1) is 9.72. The van der Waals surface area contributed by atoms with Crippen LogP contribution < -0.4 is 10.6 Å². The number of hydrogen-bond donors (Lipinski definition) is 2. The SMILES string of the molecule is CCCNc1cc(NCc2cn(C)nc2CC)ncn1. The Morgan fingerprint density at radius 1 is 1.15 bits per heavy atom. The molecule has 2 rings (SSSR count). The van der Waals surface area contributed by atoms with E-state index in [4.69, 9.17) is 0 Å². The molecule has 108 valence electrons. The summed E-state index contributed by atoms with van der Waals surface area (Å²) < 4.78 is 1.85. The number of nitrogens with zero attached hydrogens (tertiary/aromatic N) is 4. The number of aromatic nitrogens is 4. The molecule has 0 saturated heterocycles. The minimum Gasteiger partial charge on any atom is -0.370 e. The molecule has 0 saturated carbocycles. The van der Waals surface area contributed by atoms with Gasteiger partial charge in [0.05, 0.1) is 5.69 Å². The van der Waals surface area contributed by atoms with Crippen LogP contribution in [-0.4, -0.2) is 26.3 Å². The van der Waals surface area contributed by atoms with Crippen molar-refractivity contribution in [2.75, 3.05) is 17.2 Å². The molecule has 0 aliphatic carbocycles. The fraction of sp³-hybridized carbons (Fsp3) is 0.500. The molecule has 2 heterocycles. The van der Waals surface area contributed by atoms with E-state index in [1.807, 2.05) is 24.0 Å². The Bertz CT molecular complexity index is 548. The van der Waals surface area contributed by atoms with Gasteiger partial charge in [-0.3, -0.25) is 4.68 Å². The van der Waals surface area contributed by atoms with E-state index in [0.29, 0.717) is 0 Å². The van der Waals surface area contributed by atoms with Gasteiger partial charge in [0.1, 0.15) is 18.0 Å². The van der Waals surface area contributed by atoms with Crippen molar-refractivity contribution in [3.05, 3.63) is 29.8 Å². The van der Waals surface area contributed by atoms with Gasteiger partial charge in [-0.15, -0.1) is 0 Å². The van der Waals surface area contributed by atoms with Crippen LogP contribution in [-0.2, 0) is 20.0 Å². The molecule has 0 bridgehead atoms. The molecule has 0 amide bonds. The van der Waals surface area contributed by atoms with Crippen molar-refractivity contribution in [3.8, 4) is 0 Å². The van der Waals surface area contributed by atoms with Gasteiger partial charge in [-0.25, -0.2) is 9.97 Å². The van der Waals surface area contributed by atoms with Crippen LogP contribution in [0.4, 0.5) is 11.6 Å². The van der Waals surface area contributed by atoms with Gasteiger partial charge in [-0.05, 0) is 12.8 Å². The summed E-state index contributed by atoms with van der Waals surface area (Å²) >= 11 is 0. The van der Waals surface area contributed by atoms with Crippen molar-refractivity contribution in [2.24, 2.45) is 7.05 Å². The summed E-state index contributed by atoms with van der Waals surface area (Å²) in [6.07, 6.45) is 5.63. The molecule has 2 aromatic heterocycles. The van der Waals surface area contributed by atoms with Gasteiger partial charge in [0.25, 0.3) is 0 Å². The maximum absolute atomic E-state index is 4.43. The number of rotatable bonds is 7. The molecule has 2 aromatic rings. The average molecular weight is 274 g/mol. The Hall–Kier alpha value is -2.11. The predicted octanol–water partition coefficient (Wildman–Crippen LogP) is 2.21. The van der Waals surface area contributed by atoms with E-state index in [-0.39, 0.29) is 0 Å². The first kappa shape index (κ1) is 14.3. The fourth-order valence-corrected chi connectivity index (χ4v) is 2.02. The number of nitrogens with one attached hydrogen (secondary N) is 2. The van der Waals surface area contributed by atoms with Crippen LogP contribution in [0.2, 0.25) is 0 Å². The van der Waals surface area contributed by atoms with Crippen molar-refractivity contribution < 1.29 is 0 Å². The first-order valence-corrected chi connectivity index (χ1v) is 7.04. The molecule has 6 heteroatoms. The number of aryl methyl sites for hydroxylation is 2. The highest BCUT2D eigenvalue weighted by molar-refractivity contribution is 5.46. The van der Waals surface area contributed by atoms with Crippen LogP contribution in [0.15, 0.2) is 18.6 Å². The van der Waals surface area contributed by atoms with Crippen molar-refractivity contribution >= 4 is 11.6 Å². The second-order valence-corrected chi connectivity index (χ2v) is 4.70. The summed E-state index contributed by atoms with van der Waals surface area (Å²) in [5, 5.41) is 11.0. The van der Waals surface area contributed by atoms with E-state index in [2.05, 4.69) is 39.5 Å². The van der Waals surface area contributed by atoms with Crippen molar-refractivity contribution in [1.82, 2.24) is 19.7 Å². The molecule has 0 unspecified atom stereocenters. The fourth-order valence-electron chi connectivity index (χ4n) is 2.02. The van der Waals surface area contributed by atoms with Crippen LogP contribution >= 0.6 is 0 Å². The molecular formula is C14H22N6. The lowest BCUT2D eigenvalue weighted by Gasteiger charge is -2.07. The molecule has 2 N–H and O–H groups in total. The van der Waals surface area contributed by atoms with Gasteiger partial charge in [-0.2, -0.15) is 5.10 Å². The van der Waals surface area contributed by atoms with Crippen LogP contribution in [0, 0.1) is 0 Å². The maximum atomic E-state index is 4.43. The first-order valence-electron chi connectivity index (χ1n) is 7.04. The van der Waals surface area contributed by atoms with E-state index in [9.17, 15) is 0 Å². The van der Waals surface area contributed by atoms with Crippen LogP contribution in [0.1, 0.15) is 31.5 Å². The van der Waals surface area contributed by atoms with E-state index in [1.54, 1.807) is 6.33 Å². The van der Waals surface area contributed by atoms with Gasteiger partial charge >= 0.3 is 0 Å². The highest BCUT2D eigenvalue weighted by Gasteiger charge is 2.06. The smallest absolute Gasteiger partial charge is 0.131 e. The Balaban J connectivity index is 1.99. The van der Waals surface area contributed by atoms with E-state index >= 15 is 0 Å². The van der Waals surface area contributed by atoms with Gasteiger partial charge in [-0.1, -0.05) is 13.8 Å². The van der Waals surface area contributed by atoms with Gasteiger partial charge in [0, 0.05) is 38.0 Å². The minimum atomic E-state index is 0.723. The number of hydrogen-bond acceptors (Lipinski definition) is 5. The summed E-state index contributed by atoms with van der Waals surface area (Å²) in [7, 11) is 1.94. The largest absolute Gasteiger partial charge is 0.370 e. The van der Waals surface area contributed by atoms with Crippen molar-refractivity contribution in [2.45, 2.75) is 33.2 Å². The van der Waals surface area contributed by atoms with Gasteiger partial charge in [0.2, 0.25) is 0 Å². The molecule has 0 radical (unpaired) electrons. The molecule has 0 atom stereocenters. The monoisotopic (exact) mass is 274 g/mol. The van der Waals surface area contributed by atoms with Crippen molar-refractivity contribution in [1.29, 1.82) is 0 Å². The molecule has 20 heavy (non-hydrogen) atoms. The zero-order valence-corrected chi connectivity index (χ0v) is 12.3. The quantitative estimate of drug-likeness (QED) is 0.810. The molecule has 0 aliphatic rings. The number of anilines is 2. The van der Waals surface area contributed by atoms with Crippen LogP contribution in [0.3, 0.4) is 0 Å². The molecular weight excluding hydrogens is 252 g/mol. The zero-order chi connectivity index (χ0) is 14.4. The van der Waals surface area contributed by atoms with Crippen LogP contribution in [0.25, 0.3) is 0 Å². The highest BCUT2D eigenvalue weighted by Crippen LogP contribution is 2.12. The molecule has 0 fully saturated rings. The maximum Gasteiger partial charge on any atom is 0.131 e. The molecule has 0 aliphatic heterocycles. The third-order valence-electron chi connectivity index (χ3n) is 3.01. The second kappa shape index (κ2) is 6.88. The van der Waals surface area contributed by atoms with Gasteiger partial charge < -0.3 is 10.6 Å². The summed E-state index contributed by atoms with van der Waals surface area (Å²) in [5.74, 6) is 1.68. The summed E-state index contributed by atoms with van der Waals surface area (Å²) in [6.45, 7) is 5.88. The lowest BCUT2D eigenvalue weighted by molar-refractivity contribution is 0.746. The lowest BCUT2D eigenvalue weighted by Crippen LogP contribution is -2.06. The van der Waals surface area contributed by atoms with Crippen molar-refractivity contribution in [3.63, 3.8) is 0 Å². The highest BCUT2D eigenvalue weighted by atomic mass is 15.3. The summed E-state index contributed by atoms with van der Waals surface area (Å²) in [5.41, 5.74) is 2.33. The van der Waals surface area contributed by atoms with E-state index in [0.717, 1.165) is 43.3 Å². The minimum absolute atomic E-state index is 0.723. The summed E-state index contributed by atoms with van der Waals surface area (Å²) in [4.78, 5) is 8.43. The zero-order valence-electron chi connectivity index (χ0n) is 12.3. The Labute approximate surface area is 119 Å². The molecule has 0 aromatic carbocycles. The lowest BCUT2D eigenvalue weighted by atomic mass is 10.2.